The number of β-amino-alcohol motifs (C(OH)–C–C–N with tert-alkyl or cyclic N) is 1. The second-order valence-electron chi connectivity index (χ2n) is 5.51. The normalized spacial score (nSPS) is 20.5. The molecule has 0 unspecified atom stereocenters. The Balaban J connectivity index is 1.52. The number of morpholine rings is 1. The van der Waals surface area contributed by atoms with E-state index in [1.807, 2.05) is 5.38 Å². The van der Waals surface area contributed by atoms with Gasteiger partial charge in [0.2, 0.25) is 0 Å². The van der Waals surface area contributed by atoms with Gasteiger partial charge in [-0.05, 0) is 22.4 Å². The molecule has 1 fully saturated rings. The molecule has 2 aromatic heterocycles. The number of aromatic nitrogens is 2. The average molecular weight is 338 g/mol. The van der Waals surface area contributed by atoms with Crippen LogP contribution >= 0.6 is 11.3 Å². The van der Waals surface area contributed by atoms with Crippen LogP contribution in [0.3, 0.4) is 0 Å². The van der Waals surface area contributed by atoms with Crippen molar-refractivity contribution in [2.45, 2.75) is 18.8 Å². The third-order valence-electron chi connectivity index (χ3n) is 3.76. The van der Waals surface area contributed by atoms with Gasteiger partial charge in [-0.25, -0.2) is 0 Å². The lowest BCUT2D eigenvalue weighted by molar-refractivity contribution is -0.385. The first-order valence-electron chi connectivity index (χ1n) is 7.33. The Morgan fingerprint density at radius 2 is 2.43 bits per heavy atom. The molecule has 0 radical (unpaired) electrons. The van der Waals surface area contributed by atoms with Crippen LogP contribution in [-0.2, 0) is 11.3 Å². The minimum Gasteiger partial charge on any atom is -0.390 e. The molecule has 124 valence electrons. The van der Waals surface area contributed by atoms with Crippen LogP contribution in [0.4, 0.5) is 5.69 Å². The molecule has 2 aromatic rings. The molecule has 2 atom stereocenters. The largest absolute Gasteiger partial charge is 0.390 e. The fourth-order valence-electron chi connectivity index (χ4n) is 2.65. The van der Waals surface area contributed by atoms with E-state index in [1.54, 1.807) is 11.3 Å². The first-order valence-corrected chi connectivity index (χ1v) is 8.27. The SMILES string of the molecule is O=[N+]([O-])c1cnn(C[C@H](O)CN2CCO[C@@H](c3ccsc3)C2)c1. The van der Waals surface area contributed by atoms with Crippen LogP contribution in [0.1, 0.15) is 11.7 Å². The van der Waals surface area contributed by atoms with Gasteiger partial charge in [-0.3, -0.25) is 19.7 Å². The quantitative estimate of drug-likeness (QED) is 0.630. The van der Waals surface area contributed by atoms with E-state index in [9.17, 15) is 15.2 Å². The highest BCUT2D eigenvalue weighted by atomic mass is 32.1. The number of thiophene rings is 1. The van der Waals surface area contributed by atoms with Crippen molar-refractivity contribution in [3.05, 3.63) is 44.9 Å². The topological polar surface area (TPSA) is 93.7 Å². The van der Waals surface area contributed by atoms with Gasteiger partial charge in [0.1, 0.15) is 12.4 Å². The van der Waals surface area contributed by atoms with Crippen LogP contribution in [0, 0.1) is 10.1 Å². The fraction of sp³-hybridized carbons (Fsp3) is 0.500. The minimum atomic E-state index is -0.643. The van der Waals surface area contributed by atoms with Crippen molar-refractivity contribution < 1.29 is 14.8 Å². The van der Waals surface area contributed by atoms with Gasteiger partial charge < -0.3 is 9.84 Å². The Labute approximate surface area is 137 Å². The molecule has 3 heterocycles. The Bertz CT molecular complexity index is 645. The van der Waals surface area contributed by atoms with Crippen LogP contribution in [-0.4, -0.2) is 57.1 Å². The molecule has 8 nitrogen and oxygen atoms in total. The molecule has 0 saturated carbocycles. The van der Waals surface area contributed by atoms with E-state index in [0.29, 0.717) is 13.2 Å². The Morgan fingerprint density at radius 1 is 1.57 bits per heavy atom. The molecule has 1 N–H and O–H groups in total. The summed E-state index contributed by atoms with van der Waals surface area (Å²) in [7, 11) is 0. The summed E-state index contributed by atoms with van der Waals surface area (Å²) in [6.07, 6.45) is 1.91. The average Bonchev–Trinajstić information content (AvgIpc) is 3.18. The number of hydrogen-bond donors (Lipinski definition) is 1. The van der Waals surface area contributed by atoms with Crippen molar-refractivity contribution in [3.8, 4) is 0 Å². The van der Waals surface area contributed by atoms with Crippen molar-refractivity contribution in [2.24, 2.45) is 0 Å². The zero-order valence-electron chi connectivity index (χ0n) is 12.4. The summed E-state index contributed by atoms with van der Waals surface area (Å²) in [6, 6.07) is 2.05. The van der Waals surface area contributed by atoms with Crippen molar-refractivity contribution in [2.75, 3.05) is 26.2 Å². The Morgan fingerprint density at radius 3 is 3.13 bits per heavy atom. The maximum Gasteiger partial charge on any atom is 0.306 e. The number of ether oxygens (including phenoxy) is 1. The predicted molar refractivity (Wildman–Crippen MR) is 84.3 cm³/mol. The lowest BCUT2D eigenvalue weighted by Crippen LogP contribution is -2.43. The van der Waals surface area contributed by atoms with Crippen LogP contribution in [0.25, 0.3) is 0 Å². The van der Waals surface area contributed by atoms with E-state index < -0.39 is 11.0 Å². The van der Waals surface area contributed by atoms with E-state index in [4.69, 9.17) is 4.74 Å². The van der Waals surface area contributed by atoms with E-state index in [-0.39, 0.29) is 18.3 Å². The van der Waals surface area contributed by atoms with Crippen molar-refractivity contribution in [1.82, 2.24) is 14.7 Å². The first-order chi connectivity index (χ1) is 11.1. The predicted octanol–water partition coefficient (Wildman–Crippen LogP) is 1.29. The summed E-state index contributed by atoms with van der Waals surface area (Å²) >= 11 is 1.64. The zero-order chi connectivity index (χ0) is 16.2. The van der Waals surface area contributed by atoms with E-state index in [0.717, 1.165) is 18.7 Å². The molecule has 0 spiro atoms. The molecule has 23 heavy (non-hydrogen) atoms. The molecular weight excluding hydrogens is 320 g/mol. The summed E-state index contributed by atoms with van der Waals surface area (Å²) in [4.78, 5) is 12.3. The lowest BCUT2D eigenvalue weighted by atomic mass is 10.1. The Kier molecular flexibility index (Phi) is 5.01. The van der Waals surface area contributed by atoms with E-state index in [1.165, 1.54) is 17.1 Å². The van der Waals surface area contributed by atoms with Gasteiger partial charge in [-0.1, -0.05) is 0 Å². The highest BCUT2D eigenvalue weighted by Crippen LogP contribution is 2.24. The smallest absolute Gasteiger partial charge is 0.306 e. The molecule has 1 saturated heterocycles. The maximum atomic E-state index is 10.6. The van der Waals surface area contributed by atoms with Crippen molar-refractivity contribution in [1.29, 1.82) is 0 Å². The van der Waals surface area contributed by atoms with Gasteiger partial charge >= 0.3 is 5.69 Å². The highest BCUT2D eigenvalue weighted by Gasteiger charge is 2.24. The number of aliphatic hydroxyl groups excluding tert-OH is 1. The van der Waals surface area contributed by atoms with Gasteiger partial charge in [-0.15, -0.1) is 0 Å². The van der Waals surface area contributed by atoms with Crippen LogP contribution in [0.2, 0.25) is 0 Å². The van der Waals surface area contributed by atoms with Crippen molar-refractivity contribution in [3.63, 3.8) is 0 Å². The number of rotatable bonds is 6. The third kappa shape index (κ3) is 4.14. The molecule has 9 heteroatoms. The molecule has 0 amide bonds. The minimum absolute atomic E-state index is 0.0352. The Hall–Kier alpha value is -1.81. The van der Waals surface area contributed by atoms with Crippen LogP contribution in [0.15, 0.2) is 29.2 Å². The zero-order valence-corrected chi connectivity index (χ0v) is 13.3. The van der Waals surface area contributed by atoms with E-state index in [2.05, 4.69) is 21.4 Å². The van der Waals surface area contributed by atoms with Gasteiger partial charge in [-0.2, -0.15) is 16.4 Å². The first kappa shape index (κ1) is 16.1. The molecule has 0 aliphatic carbocycles. The second-order valence-corrected chi connectivity index (χ2v) is 6.29. The highest BCUT2D eigenvalue weighted by molar-refractivity contribution is 7.07. The number of nitrogens with zero attached hydrogens (tertiary/aromatic N) is 4. The van der Waals surface area contributed by atoms with Crippen molar-refractivity contribution >= 4 is 17.0 Å². The fourth-order valence-corrected chi connectivity index (χ4v) is 3.35. The molecule has 1 aliphatic heterocycles. The van der Waals surface area contributed by atoms with Crippen LogP contribution < -0.4 is 0 Å². The second kappa shape index (κ2) is 7.18. The van der Waals surface area contributed by atoms with E-state index >= 15 is 0 Å². The molecule has 3 rings (SSSR count). The standard InChI is InChI=1S/C14H18N4O4S/c19-13(8-17-6-12(5-15-17)18(20)21)7-16-2-3-22-14(9-16)11-1-4-23-10-11/h1,4-6,10,13-14,19H,2-3,7-9H2/t13-,14-/m1/s1. The summed E-state index contributed by atoms with van der Waals surface area (Å²) in [5.74, 6) is 0. The molecule has 1 aliphatic rings. The number of hydrogen-bond acceptors (Lipinski definition) is 7. The van der Waals surface area contributed by atoms with Gasteiger partial charge in [0.15, 0.2) is 0 Å². The monoisotopic (exact) mass is 338 g/mol. The maximum absolute atomic E-state index is 10.6. The summed E-state index contributed by atoms with van der Waals surface area (Å²) in [5, 5.41) is 28.8. The molecule has 0 aromatic carbocycles. The third-order valence-corrected chi connectivity index (χ3v) is 4.46. The molecule has 0 bridgehead atoms. The van der Waals surface area contributed by atoms with Crippen LogP contribution in [0.5, 0.6) is 0 Å². The molecular formula is C14H18N4O4S. The number of aliphatic hydroxyl groups is 1. The van der Waals surface area contributed by atoms with Gasteiger partial charge in [0, 0.05) is 19.6 Å². The summed E-state index contributed by atoms with van der Waals surface area (Å²) in [5.41, 5.74) is 1.10. The lowest BCUT2D eigenvalue weighted by Gasteiger charge is -2.33. The van der Waals surface area contributed by atoms with Gasteiger partial charge in [0.05, 0.1) is 30.3 Å². The summed E-state index contributed by atoms with van der Waals surface area (Å²) in [6.45, 7) is 2.83. The summed E-state index contributed by atoms with van der Waals surface area (Å²) < 4.78 is 7.18. The number of nitro groups is 1. The van der Waals surface area contributed by atoms with Gasteiger partial charge in [0.25, 0.3) is 0 Å².